The molecule has 1 aliphatic rings. The molecular weight excluding hydrogens is 524 g/mol. The molecule has 4 aromatic rings. The molecule has 0 spiro atoms. The summed E-state index contributed by atoms with van der Waals surface area (Å²) in [4.78, 5) is 15.3. The maximum Gasteiger partial charge on any atom is 0.274 e. The highest BCUT2D eigenvalue weighted by molar-refractivity contribution is 7.99. The molecule has 12 nitrogen and oxygen atoms in total. The minimum absolute atomic E-state index is 0.182. The van der Waals surface area contributed by atoms with Crippen molar-refractivity contribution in [3.8, 4) is 21.9 Å². The highest BCUT2D eigenvalue weighted by Gasteiger charge is 2.21. The molecule has 6 N–H and O–H groups in total. The maximum atomic E-state index is 11.0. The van der Waals surface area contributed by atoms with Crippen LogP contribution in [-0.2, 0) is 16.8 Å². The zero-order valence-corrected chi connectivity index (χ0v) is 21.5. The Morgan fingerprint density at radius 2 is 1.94 bits per heavy atom. The van der Waals surface area contributed by atoms with Gasteiger partial charge in [0.15, 0.2) is 33.6 Å². The number of fused-ring (bicyclic) bond motifs is 2. The number of benzene rings is 1. The van der Waals surface area contributed by atoms with Crippen molar-refractivity contribution in [1.82, 2.24) is 29.6 Å². The Hall–Kier alpha value is -2.95. The fraction of sp³-hybridized carbons (Fsp3) is 0.286. The van der Waals surface area contributed by atoms with Crippen LogP contribution in [0.2, 0.25) is 0 Å². The van der Waals surface area contributed by atoms with Crippen LogP contribution in [0.25, 0.3) is 21.6 Å². The van der Waals surface area contributed by atoms with Gasteiger partial charge in [0.2, 0.25) is 0 Å². The van der Waals surface area contributed by atoms with E-state index < -0.39 is 10.2 Å². The minimum atomic E-state index is -3.72. The number of anilines is 1. The number of rotatable bonds is 10. The van der Waals surface area contributed by atoms with Gasteiger partial charge >= 0.3 is 0 Å². The lowest BCUT2D eigenvalue weighted by Crippen LogP contribution is -2.36. The molecule has 1 aromatic carbocycles. The maximum absolute atomic E-state index is 11.0. The Morgan fingerprint density at radius 3 is 2.69 bits per heavy atom. The number of nitrogens with zero attached hydrogens (tertiary/aromatic N) is 4. The summed E-state index contributed by atoms with van der Waals surface area (Å²) in [7, 11) is -3.72. The van der Waals surface area contributed by atoms with E-state index in [0.717, 1.165) is 21.1 Å². The van der Waals surface area contributed by atoms with E-state index in [4.69, 9.17) is 25.3 Å². The second-order valence-electron chi connectivity index (χ2n) is 7.74. The molecule has 1 aliphatic heterocycles. The van der Waals surface area contributed by atoms with Crippen LogP contribution in [0.3, 0.4) is 0 Å². The van der Waals surface area contributed by atoms with Crippen LogP contribution in [0.4, 0.5) is 5.82 Å². The van der Waals surface area contributed by atoms with Crippen LogP contribution >= 0.6 is 23.1 Å². The third-order valence-electron chi connectivity index (χ3n) is 5.27. The van der Waals surface area contributed by atoms with Gasteiger partial charge in [-0.15, -0.1) is 11.3 Å². The first kappa shape index (κ1) is 24.7. The van der Waals surface area contributed by atoms with Crippen LogP contribution in [0, 0.1) is 0 Å². The molecule has 0 saturated heterocycles. The second kappa shape index (κ2) is 10.6. The number of thiophene rings is 1. The standard InChI is InChI=1S/C21H24N8O4S3/c22-19-18-20(26-12-25-19)29(6-5-24-3-4-27-36(23,30)31)21(28-18)35-17-11-15-14(32-7-8-33-15)10-13(17)16-2-1-9-34-16/h1-2,9-12,24,27H,3-8H2,(H2,22,25,26)(H2,23,30,31). The summed E-state index contributed by atoms with van der Waals surface area (Å²) in [5.74, 6) is 1.71. The average molecular weight is 549 g/mol. The van der Waals surface area contributed by atoms with E-state index in [9.17, 15) is 8.42 Å². The highest BCUT2D eigenvalue weighted by atomic mass is 32.2. The fourth-order valence-electron chi connectivity index (χ4n) is 3.69. The first-order chi connectivity index (χ1) is 17.4. The van der Waals surface area contributed by atoms with E-state index >= 15 is 0 Å². The van der Waals surface area contributed by atoms with Gasteiger partial charge in [-0.1, -0.05) is 17.8 Å². The summed E-state index contributed by atoms with van der Waals surface area (Å²) in [5, 5.41) is 10.9. The van der Waals surface area contributed by atoms with E-state index in [0.29, 0.717) is 60.7 Å². The molecule has 0 saturated carbocycles. The van der Waals surface area contributed by atoms with Crippen molar-refractivity contribution >= 4 is 50.3 Å². The molecule has 3 aromatic heterocycles. The van der Waals surface area contributed by atoms with Crippen LogP contribution in [0.15, 0.2) is 46.0 Å². The lowest BCUT2D eigenvalue weighted by Gasteiger charge is -2.21. The summed E-state index contributed by atoms with van der Waals surface area (Å²) in [6.45, 7) is 2.65. The van der Waals surface area contributed by atoms with Gasteiger partial charge in [-0.05, 0) is 23.6 Å². The van der Waals surface area contributed by atoms with Gasteiger partial charge in [0.05, 0.1) is 0 Å². The first-order valence-electron chi connectivity index (χ1n) is 11.0. The number of ether oxygens (including phenoxy) is 2. The van der Waals surface area contributed by atoms with E-state index in [2.05, 4.69) is 26.1 Å². The Bertz CT molecular complexity index is 1470. The van der Waals surface area contributed by atoms with Crippen LogP contribution in [0.5, 0.6) is 11.5 Å². The summed E-state index contributed by atoms with van der Waals surface area (Å²) < 4.78 is 37.9. The van der Waals surface area contributed by atoms with Gasteiger partial charge in [0.25, 0.3) is 10.2 Å². The third-order valence-corrected chi connectivity index (χ3v) is 7.84. The zero-order valence-electron chi connectivity index (χ0n) is 19.0. The smallest absolute Gasteiger partial charge is 0.274 e. The molecule has 4 heterocycles. The molecule has 15 heteroatoms. The number of imidazole rings is 1. The van der Waals surface area contributed by atoms with Crippen molar-refractivity contribution in [3.05, 3.63) is 36.0 Å². The Balaban J connectivity index is 1.44. The van der Waals surface area contributed by atoms with Gasteiger partial charge in [-0.25, -0.2) is 24.8 Å². The van der Waals surface area contributed by atoms with E-state index in [1.807, 2.05) is 28.1 Å². The van der Waals surface area contributed by atoms with Gasteiger partial charge in [0.1, 0.15) is 19.5 Å². The van der Waals surface area contributed by atoms with Crippen molar-refractivity contribution in [2.45, 2.75) is 16.6 Å². The average Bonchev–Trinajstić information content (AvgIpc) is 3.50. The molecule has 5 rings (SSSR count). The molecule has 0 amide bonds. The van der Waals surface area contributed by atoms with E-state index in [1.54, 1.807) is 11.3 Å². The normalized spacial score (nSPS) is 13.4. The van der Waals surface area contributed by atoms with Crippen LogP contribution in [0.1, 0.15) is 0 Å². The molecule has 0 aliphatic carbocycles. The van der Waals surface area contributed by atoms with Crippen molar-refractivity contribution in [2.24, 2.45) is 5.14 Å². The molecule has 190 valence electrons. The summed E-state index contributed by atoms with van der Waals surface area (Å²) >= 11 is 3.12. The summed E-state index contributed by atoms with van der Waals surface area (Å²) in [6, 6.07) is 8.05. The summed E-state index contributed by atoms with van der Waals surface area (Å²) in [5.41, 5.74) is 8.25. The SMILES string of the molecule is Nc1ncnc2c1nc(Sc1cc3c(cc1-c1cccs1)OCCO3)n2CCNCCNS(N)(=O)=O. The Labute approximate surface area is 215 Å². The molecule has 0 atom stereocenters. The Kier molecular flexibility index (Phi) is 7.27. The van der Waals surface area contributed by atoms with E-state index in [1.165, 1.54) is 18.1 Å². The molecule has 0 bridgehead atoms. The quantitative estimate of drug-likeness (QED) is 0.212. The Morgan fingerprint density at radius 1 is 1.14 bits per heavy atom. The number of nitrogens with two attached hydrogens (primary N) is 2. The largest absolute Gasteiger partial charge is 0.486 e. The molecule has 0 radical (unpaired) electrons. The zero-order chi connectivity index (χ0) is 25.1. The molecular formula is C21H24N8O4S3. The predicted octanol–water partition coefficient (Wildman–Crippen LogP) is 1.44. The van der Waals surface area contributed by atoms with Gasteiger partial charge < -0.3 is 25.1 Å². The summed E-state index contributed by atoms with van der Waals surface area (Å²) in [6.07, 6.45) is 1.41. The lowest BCUT2D eigenvalue weighted by atomic mass is 10.1. The number of nitrogens with one attached hydrogen (secondary N) is 2. The number of aromatic nitrogens is 4. The number of hydrogen-bond donors (Lipinski definition) is 4. The second-order valence-corrected chi connectivity index (χ2v) is 11.1. The monoisotopic (exact) mass is 548 g/mol. The number of nitrogen functional groups attached to an aromatic ring is 1. The lowest BCUT2D eigenvalue weighted by molar-refractivity contribution is 0.171. The fourth-order valence-corrected chi connectivity index (χ4v) is 5.96. The van der Waals surface area contributed by atoms with E-state index in [-0.39, 0.29) is 6.54 Å². The van der Waals surface area contributed by atoms with Gasteiger partial charge in [-0.2, -0.15) is 8.42 Å². The van der Waals surface area contributed by atoms with Crippen molar-refractivity contribution in [1.29, 1.82) is 0 Å². The predicted molar refractivity (Wildman–Crippen MR) is 139 cm³/mol. The van der Waals surface area contributed by atoms with Crippen LogP contribution in [-0.4, -0.2) is 60.8 Å². The van der Waals surface area contributed by atoms with Crippen molar-refractivity contribution < 1.29 is 17.9 Å². The van der Waals surface area contributed by atoms with Gasteiger partial charge in [0, 0.05) is 41.5 Å². The highest BCUT2D eigenvalue weighted by Crippen LogP contribution is 2.45. The minimum Gasteiger partial charge on any atom is -0.486 e. The molecule has 0 fully saturated rings. The molecule has 0 unspecified atom stereocenters. The number of hydrogen-bond acceptors (Lipinski definition) is 11. The van der Waals surface area contributed by atoms with Crippen molar-refractivity contribution in [2.75, 3.05) is 38.6 Å². The van der Waals surface area contributed by atoms with Crippen molar-refractivity contribution in [3.63, 3.8) is 0 Å². The van der Waals surface area contributed by atoms with Crippen LogP contribution < -0.4 is 30.4 Å². The molecule has 36 heavy (non-hydrogen) atoms. The topological polar surface area (TPSA) is 172 Å². The van der Waals surface area contributed by atoms with Gasteiger partial charge in [-0.3, -0.25) is 0 Å². The third kappa shape index (κ3) is 5.55. The first-order valence-corrected chi connectivity index (χ1v) is 14.2.